The van der Waals surface area contributed by atoms with Crippen LogP contribution >= 0.6 is 0 Å². The lowest BCUT2D eigenvalue weighted by Crippen LogP contribution is -1.98. The molecule has 2 rings (SSSR count). The van der Waals surface area contributed by atoms with E-state index in [1.165, 1.54) is 0 Å². The van der Waals surface area contributed by atoms with E-state index in [1.54, 1.807) is 25.3 Å². The third-order valence-corrected chi connectivity index (χ3v) is 2.90. The zero-order chi connectivity index (χ0) is 13.1. The van der Waals surface area contributed by atoms with Crippen molar-refractivity contribution in [1.82, 2.24) is 0 Å². The summed E-state index contributed by atoms with van der Waals surface area (Å²) < 4.78 is 5.22. The summed E-state index contributed by atoms with van der Waals surface area (Å²) in [4.78, 5) is 10.5. The summed E-state index contributed by atoms with van der Waals surface area (Å²) in [6, 6.07) is 8.98. The van der Waals surface area contributed by atoms with Crippen molar-refractivity contribution in [3.8, 4) is 11.5 Å². The molecular formula is C14H14O4. The minimum atomic E-state index is -0.875. The molecule has 4 nitrogen and oxygen atoms in total. The highest BCUT2D eigenvalue weighted by molar-refractivity contribution is 5.94. The number of methoxy groups -OCH3 is 1. The van der Waals surface area contributed by atoms with Crippen molar-refractivity contribution in [1.29, 1.82) is 0 Å². The summed E-state index contributed by atoms with van der Waals surface area (Å²) in [6.45, 7) is 0. The first-order valence-electron chi connectivity index (χ1n) is 5.63. The maximum Gasteiger partial charge on any atom is 0.303 e. The van der Waals surface area contributed by atoms with Crippen LogP contribution in [0.5, 0.6) is 11.5 Å². The van der Waals surface area contributed by atoms with Crippen LogP contribution in [0.4, 0.5) is 0 Å². The summed E-state index contributed by atoms with van der Waals surface area (Å²) in [5.74, 6) is -0.0552. The fourth-order valence-electron chi connectivity index (χ4n) is 1.98. The van der Waals surface area contributed by atoms with E-state index in [0.717, 1.165) is 5.39 Å². The van der Waals surface area contributed by atoms with E-state index in [9.17, 15) is 9.90 Å². The zero-order valence-corrected chi connectivity index (χ0v) is 10.0. The standard InChI is InChI=1S/C14H14O4/c1-18-12-4-2-3-11-10(12)7-5-9(14(11)17)6-8-13(15)16/h2-5,7,17H,6,8H2,1H3,(H,15,16). The lowest BCUT2D eigenvalue weighted by Gasteiger charge is -2.10. The number of phenols is 1. The van der Waals surface area contributed by atoms with Gasteiger partial charge in [0, 0.05) is 17.2 Å². The third kappa shape index (κ3) is 2.22. The first-order valence-corrected chi connectivity index (χ1v) is 5.63. The van der Waals surface area contributed by atoms with Gasteiger partial charge in [0.05, 0.1) is 7.11 Å². The molecule has 94 valence electrons. The molecule has 2 aromatic carbocycles. The van der Waals surface area contributed by atoms with Crippen molar-refractivity contribution in [2.45, 2.75) is 12.8 Å². The number of ether oxygens (including phenoxy) is 1. The van der Waals surface area contributed by atoms with Crippen LogP contribution in [-0.2, 0) is 11.2 Å². The molecule has 2 aromatic rings. The average Bonchev–Trinajstić information content (AvgIpc) is 2.37. The molecule has 0 saturated heterocycles. The molecule has 0 spiro atoms. The second-order valence-electron chi connectivity index (χ2n) is 4.02. The maximum absolute atomic E-state index is 10.5. The van der Waals surface area contributed by atoms with Crippen LogP contribution in [0.3, 0.4) is 0 Å². The van der Waals surface area contributed by atoms with Gasteiger partial charge in [-0.25, -0.2) is 0 Å². The number of phenolic OH excluding ortho intramolecular Hbond substituents is 1. The third-order valence-electron chi connectivity index (χ3n) is 2.90. The number of hydrogen-bond donors (Lipinski definition) is 2. The van der Waals surface area contributed by atoms with E-state index in [-0.39, 0.29) is 12.2 Å². The molecular weight excluding hydrogens is 232 g/mol. The van der Waals surface area contributed by atoms with E-state index >= 15 is 0 Å². The molecule has 0 amide bonds. The van der Waals surface area contributed by atoms with Gasteiger partial charge in [0.1, 0.15) is 11.5 Å². The Labute approximate surface area is 104 Å². The molecule has 0 fully saturated rings. The van der Waals surface area contributed by atoms with Gasteiger partial charge in [-0.3, -0.25) is 4.79 Å². The van der Waals surface area contributed by atoms with Crippen LogP contribution in [0.15, 0.2) is 30.3 Å². The van der Waals surface area contributed by atoms with Crippen molar-refractivity contribution in [2.75, 3.05) is 7.11 Å². The number of aryl methyl sites for hydroxylation is 1. The van der Waals surface area contributed by atoms with Crippen molar-refractivity contribution in [2.24, 2.45) is 0 Å². The minimum Gasteiger partial charge on any atom is -0.507 e. The average molecular weight is 246 g/mol. The molecule has 0 aliphatic heterocycles. The van der Waals surface area contributed by atoms with Gasteiger partial charge in [-0.15, -0.1) is 0 Å². The van der Waals surface area contributed by atoms with Gasteiger partial charge < -0.3 is 14.9 Å². The second kappa shape index (κ2) is 4.96. The monoisotopic (exact) mass is 246 g/mol. The van der Waals surface area contributed by atoms with Gasteiger partial charge in [-0.2, -0.15) is 0 Å². The van der Waals surface area contributed by atoms with Crippen LogP contribution in [0.1, 0.15) is 12.0 Å². The van der Waals surface area contributed by atoms with Crippen LogP contribution in [0, 0.1) is 0 Å². The molecule has 0 aliphatic rings. The summed E-state index contributed by atoms with van der Waals surface area (Å²) >= 11 is 0. The normalized spacial score (nSPS) is 10.5. The van der Waals surface area contributed by atoms with Gasteiger partial charge in [0.2, 0.25) is 0 Å². The van der Waals surface area contributed by atoms with Gasteiger partial charge in [0.25, 0.3) is 0 Å². The number of carboxylic acid groups (broad SMARTS) is 1. The molecule has 18 heavy (non-hydrogen) atoms. The Kier molecular flexibility index (Phi) is 3.37. The van der Waals surface area contributed by atoms with E-state index in [2.05, 4.69) is 0 Å². The highest BCUT2D eigenvalue weighted by atomic mass is 16.5. The molecule has 2 N–H and O–H groups in total. The van der Waals surface area contributed by atoms with Crippen LogP contribution in [-0.4, -0.2) is 23.3 Å². The van der Waals surface area contributed by atoms with Gasteiger partial charge in [-0.1, -0.05) is 24.3 Å². The number of carboxylic acids is 1. The highest BCUT2D eigenvalue weighted by Crippen LogP contribution is 2.34. The summed E-state index contributed by atoms with van der Waals surface area (Å²) in [6.07, 6.45) is 0.317. The minimum absolute atomic E-state index is 0.00301. The van der Waals surface area contributed by atoms with E-state index in [4.69, 9.17) is 9.84 Å². The topological polar surface area (TPSA) is 66.8 Å². The Morgan fingerprint density at radius 3 is 2.67 bits per heavy atom. The van der Waals surface area contributed by atoms with Crippen LogP contribution in [0.25, 0.3) is 10.8 Å². The fourth-order valence-corrected chi connectivity index (χ4v) is 1.98. The predicted molar refractivity (Wildman–Crippen MR) is 68.1 cm³/mol. The van der Waals surface area contributed by atoms with Crippen molar-refractivity contribution in [3.63, 3.8) is 0 Å². The quantitative estimate of drug-likeness (QED) is 0.870. The molecule has 0 aromatic heterocycles. The van der Waals surface area contributed by atoms with E-state index in [0.29, 0.717) is 23.1 Å². The number of fused-ring (bicyclic) bond motifs is 1. The van der Waals surface area contributed by atoms with Crippen molar-refractivity contribution < 1.29 is 19.7 Å². The summed E-state index contributed by atoms with van der Waals surface area (Å²) in [5, 5.41) is 20.3. The number of hydrogen-bond acceptors (Lipinski definition) is 3. The molecule has 0 saturated carbocycles. The molecule has 4 heteroatoms. The first kappa shape index (κ1) is 12.2. The Morgan fingerprint density at radius 2 is 2.00 bits per heavy atom. The number of carbonyl (C=O) groups is 1. The number of benzene rings is 2. The Bertz CT molecular complexity index is 590. The summed E-state index contributed by atoms with van der Waals surface area (Å²) in [5.41, 5.74) is 0.637. The molecule has 0 bridgehead atoms. The summed E-state index contributed by atoms with van der Waals surface area (Å²) in [7, 11) is 1.57. The highest BCUT2D eigenvalue weighted by Gasteiger charge is 2.10. The Hall–Kier alpha value is -2.23. The lowest BCUT2D eigenvalue weighted by atomic mass is 10.0. The number of aliphatic carboxylic acids is 1. The first-order chi connectivity index (χ1) is 8.63. The Morgan fingerprint density at radius 1 is 1.22 bits per heavy atom. The smallest absolute Gasteiger partial charge is 0.303 e. The van der Waals surface area contributed by atoms with Gasteiger partial charge >= 0.3 is 5.97 Å². The molecule has 0 aliphatic carbocycles. The van der Waals surface area contributed by atoms with E-state index in [1.807, 2.05) is 12.1 Å². The van der Waals surface area contributed by atoms with E-state index < -0.39 is 5.97 Å². The molecule has 0 atom stereocenters. The van der Waals surface area contributed by atoms with Crippen molar-refractivity contribution >= 4 is 16.7 Å². The maximum atomic E-state index is 10.5. The molecule has 0 unspecified atom stereocenters. The SMILES string of the molecule is COc1cccc2c(O)c(CCC(=O)O)ccc12. The number of rotatable bonds is 4. The fraction of sp³-hybridized carbons (Fsp3) is 0.214. The van der Waals surface area contributed by atoms with Crippen LogP contribution in [0.2, 0.25) is 0 Å². The molecule has 0 radical (unpaired) electrons. The number of aromatic hydroxyl groups is 1. The van der Waals surface area contributed by atoms with Crippen molar-refractivity contribution in [3.05, 3.63) is 35.9 Å². The predicted octanol–water partition coefficient (Wildman–Crippen LogP) is 2.57. The second-order valence-corrected chi connectivity index (χ2v) is 4.02. The lowest BCUT2D eigenvalue weighted by molar-refractivity contribution is -0.136. The van der Waals surface area contributed by atoms with Gasteiger partial charge in [0.15, 0.2) is 0 Å². The zero-order valence-electron chi connectivity index (χ0n) is 10.0. The molecule has 0 heterocycles. The van der Waals surface area contributed by atoms with Gasteiger partial charge in [-0.05, 0) is 18.1 Å². The van der Waals surface area contributed by atoms with Crippen LogP contribution < -0.4 is 4.74 Å². The Balaban J connectivity index is 2.47. The largest absolute Gasteiger partial charge is 0.507 e.